The summed E-state index contributed by atoms with van der Waals surface area (Å²) in [6.45, 7) is 2.76. The summed E-state index contributed by atoms with van der Waals surface area (Å²) in [5, 5.41) is 0. The molecule has 0 spiro atoms. The Balaban J connectivity index is 1.87. The van der Waals surface area contributed by atoms with Crippen LogP contribution in [0.4, 0.5) is 14.6 Å². The quantitative estimate of drug-likeness (QED) is 0.745. The van der Waals surface area contributed by atoms with E-state index in [0.29, 0.717) is 29.8 Å². The molecule has 3 rings (SSSR count). The molecule has 0 radical (unpaired) electrons. The molecule has 0 saturated carbocycles. The fourth-order valence-corrected chi connectivity index (χ4v) is 3.67. The minimum absolute atomic E-state index is 0.114. The van der Waals surface area contributed by atoms with Crippen LogP contribution < -0.4 is 4.90 Å². The molecule has 4 nitrogen and oxygen atoms in total. The predicted molar refractivity (Wildman–Crippen MR) is 87.8 cm³/mol. The number of pyridine rings is 1. The van der Waals surface area contributed by atoms with E-state index >= 15 is 0 Å². The van der Waals surface area contributed by atoms with Crippen LogP contribution >= 0.6 is 15.9 Å². The third-order valence-corrected chi connectivity index (χ3v) is 5.04. The van der Waals surface area contributed by atoms with Crippen LogP contribution in [-0.4, -0.2) is 47.4 Å². The number of piperidine rings is 1. The Morgan fingerprint density at radius 2 is 2.22 bits per heavy atom. The van der Waals surface area contributed by atoms with E-state index in [2.05, 4.69) is 20.9 Å². The van der Waals surface area contributed by atoms with Gasteiger partial charge in [0.05, 0.1) is 6.54 Å². The van der Waals surface area contributed by atoms with Gasteiger partial charge in [0.1, 0.15) is 10.4 Å². The second-order valence-electron chi connectivity index (χ2n) is 6.39. The van der Waals surface area contributed by atoms with Crippen LogP contribution in [0.15, 0.2) is 16.7 Å². The topological polar surface area (TPSA) is 36.4 Å². The molecule has 2 aliphatic rings. The van der Waals surface area contributed by atoms with Crippen molar-refractivity contribution >= 4 is 27.7 Å². The van der Waals surface area contributed by atoms with Gasteiger partial charge in [0.2, 0.25) is 5.91 Å². The van der Waals surface area contributed by atoms with Crippen LogP contribution in [0.3, 0.4) is 0 Å². The number of hydrogen-bond acceptors (Lipinski definition) is 3. The fraction of sp³-hybridized carbons (Fsp3) is 0.625. The Morgan fingerprint density at radius 3 is 2.91 bits per heavy atom. The molecule has 2 aliphatic heterocycles. The smallest absolute Gasteiger partial charge is 0.265 e. The average molecular weight is 388 g/mol. The Bertz CT molecular complexity index is 611. The van der Waals surface area contributed by atoms with Crippen LogP contribution in [0.5, 0.6) is 0 Å². The number of nitrogens with zero attached hydrogens (tertiary/aromatic N) is 3. The summed E-state index contributed by atoms with van der Waals surface area (Å²) in [5.41, 5.74) is 0.864. The summed E-state index contributed by atoms with van der Waals surface area (Å²) < 4.78 is 28.6. The summed E-state index contributed by atoms with van der Waals surface area (Å²) in [7, 11) is 0. The van der Waals surface area contributed by atoms with E-state index < -0.39 is 5.92 Å². The van der Waals surface area contributed by atoms with E-state index in [4.69, 9.17) is 0 Å². The highest BCUT2D eigenvalue weighted by molar-refractivity contribution is 9.10. The van der Waals surface area contributed by atoms with Gasteiger partial charge in [-0.1, -0.05) is 6.07 Å². The maximum Gasteiger partial charge on any atom is 0.265 e. The number of hydrogen-bond donors (Lipinski definition) is 0. The van der Waals surface area contributed by atoms with Crippen LogP contribution in [0.25, 0.3) is 0 Å². The minimum Gasteiger partial charge on any atom is -0.346 e. The number of halogens is 3. The van der Waals surface area contributed by atoms with Gasteiger partial charge in [0.25, 0.3) is 5.92 Å². The van der Waals surface area contributed by atoms with Crippen molar-refractivity contribution in [2.45, 2.75) is 44.6 Å². The highest BCUT2D eigenvalue weighted by atomic mass is 79.9. The molecular weight excluding hydrogens is 368 g/mol. The summed E-state index contributed by atoms with van der Waals surface area (Å²) >= 11 is 3.32. The lowest BCUT2D eigenvalue weighted by atomic mass is 9.98. The van der Waals surface area contributed by atoms with Gasteiger partial charge in [0, 0.05) is 32.0 Å². The first-order valence-electron chi connectivity index (χ1n) is 7.91. The van der Waals surface area contributed by atoms with Crippen LogP contribution in [0, 0.1) is 6.92 Å². The monoisotopic (exact) mass is 387 g/mol. The van der Waals surface area contributed by atoms with Gasteiger partial charge in [-0.15, -0.1) is 0 Å². The molecule has 1 aromatic heterocycles. The molecule has 3 heterocycles. The molecule has 0 aliphatic carbocycles. The maximum atomic E-state index is 14.0. The molecule has 7 heteroatoms. The zero-order chi connectivity index (χ0) is 16.6. The number of rotatable bonds is 3. The average Bonchev–Trinajstić information content (AvgIpc) is 2.88. The molecule has 0 N–H and O–H groups in total. The lowest BCUT2D eigenvalue weighted by molar-refractivity contribution is -0.128. The molecule has 0 aromatic carbocycles. The maximum absolute atomic E-state index is 14.0. The zero-order valence-corrected chi connectivity index (χ0v) is 14.7. The van der Waals surface area contributed by atoms with Gasteiger partial charge >= 0.3 is 0 Å². The number of carbonyl (C=O) groups is 1. The summed E-state index contributed by atoms with van der Waals surface area (Å²) in [6, 6.07) is 3.56. The fourth-order valence-electron chi connectivity index (χ4n) is 3.37. The number of aryl methyl sites for hydroxylation is 1. The largest absolute Gasteiger partial charge is 0.346 e. The molecule has 126 valence electrons. The SMILES string of the molecule is Cc1ccc(Br)nc1N1CC(F)(F)CCC1CN1CCCC1=O. The highest BCUT2D eigenvalue weighted by Gasteiger charge is 2.42. The van der Waals surface area contributed by atoms with Crippen molar-refractivity contribution in [2.75, 3.05) is 24.5 Å². The first-order valence-corrected chi connectivity index (χ1v) is 8.70. The van der Waals surface area contributed by atoms with E-state index in [1.165, 1.54) is 0 Å². The number of anilines is 1. The van der Waals surface area contributed by atoms with Crippen molar-refractivity contribution in [1.82, 2.24) is 9.88 Å². The van der Waals surface area contributed by atoms with E-state index in [1.54, 1.807) is 15.9 Å². The van der Waals surface area contributed by atoms with E-state index in [0.717, 1.165) is 18.5 Å². The van der Waals surface area contributed by atoms with E-state index in [9.17, 15) is 13.6 Å². The molecular formula is C16H20BrF2N3O. The molecule has 1 amide bonds. The molecule has 2 fully saturated rings. The van der Waals surface area contributed by atoms with Gasteiger partial charge in [-0.25, -0.2) is 13.8 Å². The highest BCUT2D eigenvalue weighted by Crippen LogP contribution is 2.35. The second-order valence-corrected chi connectivity index (χ2v) is 7.21. The van der Waals surface area contributed by atoms with Gasteiger partial charge < -0.3 is 9.80 Å². The predicted octanol–water partition coefficient (Wildman–Crippen LogP) is 3.38. The number of carbonyl (C=O) groups excluding carboxylic acids is 1. The molecule has 1 atom stereocenters. The van der Waals surface area contributed by atoms with Gasteiger partial charge in [-0.05, 0) is 47.3 Å². The third-order valence-electron chi connectivity index (χ3n) is 4.60. The van der Waals surface area contributed by atoms with Crippen LogP contribution in [0.1, 0.15) is 31.2 Å². The third kappa shape index (κ3) is 3.65. The number of alkyl halides is 2. The van der Waals surface area contributed by atoms with Crippen molar-refractivity contribution in [2.24, 2.45) is 0 Å². The molecule has 0 bridgehead atoms. The molecule has 23 heavy (non-hydrogen) atoms. The van der Waals surface area contributed by atoms with Crippen molar-refractivity contribution in [3.8, 4) is 0 Å². The molecule has 2 saturated heterocycles. The Hall–Kier alpha value is -1.24. The van der Waals surface area contributed by atoms with Crippen LogP contribution in [0.2, 0.25) is 0 Å². The van der Waals surface area contributed by atoms with E-state index in [-0.39, 0.29) is 24.9 Å². The number of amides is 1. The van der Waals surface area contributed by atoms with Crippen molar-refractivity contribution < 1.29 is 13.6 Å². The first-order chi connectivity index (χ1) is 10.9. The second kappa shape index (κ2) is 6.34. The van der Waals surface area contributed by atoms with Crippen molar-refractivity contribution in [1.29, 1.82) is 0 Å². The standard InChI is InChI=1S/C16H20BrF2N3O/c1-11-4-5-13(17)20-15(11)22-10-16(18,19)7-6-12(22)9-21-8-2-3-14(21)23/h4-5,12H,2-3,6-10H2,1H3. The number of likely N-dealkylation sites (tertiary alicyclic amines) is 1. The van der Waals surface area contributed by atoms with Gasteiger partial charge in [-0.3, -0.25) is 4.79 Å². The Kier molecular flexibility index (Phi) is 4.58. The Labute approximate surface area is 143 Å². The van der Waals surface area contributed by atoms with Crippen molar-refractivity contribution in [3.05, 3.63) is 22.3 Å². The van der Waals surface area contributed by atoms with E-state index in [1.807, 2.05) is 13.0 Å². The first kappa shape index (κ1) is 16.6. The lowest BCUT2D eigenvalue weighted by Gasteiger charge is -2.42. The summed E-state index contributed by atoms with van der Waals surface area (Å²) in [4.78, 5) is 19.8. The minimum atomic E-state index is -2.72. The summed E-state index contributed by atoms with van der Waals surface area (Å²) in [5.74, 6) is -2.02. The zero-order valence-electron chi connectivity index (χ0n) is 13.1. The molecule has 1 aromatic rings. The summed E-state index contributed by atoms with van der Waals surface area (Å²) in [6.07, 6.45) is 1.65. The van der Waals surface area contributed by atoms with Crippen LogP contribution in [-0.2, 0) is 4.79 Å². The van der Waals surface area contributed by atoms with Gasteiger partial charge in [0.15, 0.2) is 0 Å². The van der Waals surface area contributed by atoms with Gasteiger partial charge in [-0.2, -0.15) is 0 Å². The normalized spacial score (nSPS) is 24.3. The number of aromatic nitrogens is 1. The molecule has 1 unspecified atom stereocenters. The Morgan fingerprint density at radius 1 is 1.43 bits per heavy atom. The lowest BCUT2D eigenvalue weighted by Crippen LogP contribution is -2.53. The van der Waals surface area contributed by atoms with Crippen molar-refractivity contribution in [3.63, 3.8) is 0 Å².